The highest BCUT2D eigenvalue weighted by Gasteiger charge is 2.48. The lowest BCUT2D eigenvalue weighted by atomic mass is 10.0. The molecule has 5 aromatic rings. The molecule has 0 aliphatic carbocycles. The zero-order chi connectivity index (χ0) is 57.2. The lowest BCUT2D eigenvalue weighted by molar-refractivity contribution is -0.128. The van der Waals surface area contributed by atoms with Crippen LogP contribution in [0.1, 0.15) is 70.6 Å². The monoisotopic (exact) mass is 1090 g/mol. The Balaban J connectivity index is 0.974. The smallest absolute Gasteiger partial charge is 0.414 e. The molecule has 2 aliphatic heterocycles. The number of rotatable bonds is 22. The van der Waals surface area contributed by atoms with E-state index in [1.165, 1.54) is 61.1 Å². The normalized spacial score (nSPS) is 15.0. The van der Waals surface area contributed by atoms with E-state index in [0.717, 1.165) is 16.0 Å². The number of fused-ring (bicyclic) bond motifs is 4. The van der Waals surface area contributed by atoms with Gasteiger partial charge in [0.15, 0.2) is 23.5 Å². The van der Waals surface area contributed by atoms with Gasteiger partial charge in [-0.3, -0.25) is 28.9 Å². The van der Waals surface area contributed by atoms with E-state index in [2.05, 4.69) is 44.7 Å². The number of hydrogen-bond donors (Lipinski definition) is 6. The SMILES string of the molecule is C=CCOC(=O)N[C@H](C(=O)N[C@@H](C)C(=O)Nc1ccc2c(c1)N1C(=O)c3cc(OC)c(OCCCC(=O)Nc4cn(C)c(C(=O)Nc5ccc(-c6cc(C(=O)OCC=C)n(C)c6)cc5)n4)cc3N(C(=O)O)[C@@H](OC)[C@@H]1C2)C(C)C. The van der Waals surface area contributed by atoms with Gasteiger partial charge in [-0.05, 0) is 73.2 Å². The minimum atomic E-state index is -1.42. The second kappa shape index (κ2) is 25.1. The van der Waals surface area contributed by atoms with Gasteiger partial charge < -0.3 is 64.5 Å². The lowest BCUT2D eigenvalue weighted by Crippen LogP contribution is -2.53. The number of nitrogens with zero attached hydrogens (tertiary/aromatic N) is 5. The number of carboxylic acid groups (broad SMARTS) is 1. The van der Waals surface area contributed by atoms with E-state index < -0.39 is 72.0 Å². The number of aryl methyl sites for hydroxylation is 2. The Morgan fingerprint density at radius 2 is 1.51 bits per heavy atom. The molecule has 24 heteroatoms. The van der Waals surface area contributed by atoms with Crippen molar-refractivity contribution in [1.82, 2.24) is 24.8 Å². The molecular weight excluding hydrogens is 1020 g/mol. The predicted octanol–water partition coefficient (Wildman–Crippen LogP) is 6.25. The third-order valence-corrected chi connectivity index (χ3v) is 12.9. The van der Waals surface area contributed by atoms with Crippen LogP contribution in [0, 0.1) is 5.92 Å². The third kappa shape index (κ3) is 13.0. The van der Waals surface area contributed by atoms with Gasteiger partial charge >= 0.3 is 18.2 Å². The van der Waals surface area contributed by atoms with Crippen LogP contribution in [0.5, 0.6) is 11.5 Å². The number of esters is 1. The first kappa shape index (κ1) is 57.3. The van der Waals surface area contributed by atoms with Gasteiger partial charge in [0, 0.05) is 68.7 Å². The highest BCUT2D eigenvalue weighted by Crippen LogP contribution is 2.45. The van der Waals surface area contributed by atoms with Gasteiger partial charge in [0.05, 0.1) is 31.0 Å². The highest BCUT2D eigenvalue weighted by molar-refractivity contribution is 6.15. The maximum Gasteiger partial charge on any atom is 0.414 e. The maximum absolute atomic E-state index is 14.7. The second-order valence-corrected chi connectivity index (χ2v) is 18.8. The number of aromatic nitrogens is 3. The largest absolute Gasteiger partial charge is 0.493 e. The number of nitrogens with one attached hydrogen (secondary N) is 5. The van der Waals surface area contributed by atoms with Gasteiger partial charge in [0.1, 0.15) is 31.0 Å². The zero-order valence-electron chi connectivity index (χ0n) is 44.6. The molecule has 0 saturated heterocycles. The molecule has 2 aliphatic rings. The van der Waals surface area contributed by atoms with Crippen molar-refractivity contribution < 1.29 is 67.1 Å². The molecule has 0 spiro atoms. The van der Waals surface area contributed by atoms with Crippen LogP contribution in [0.3, 0.4) is 0 Å². The van der Waals surface area contributed by atoms with E-state index in [4.69, 9.17) is 23.7 Å². The molecule has 0 bridgehead atoms. The molecule has 0 fully saturated rings. The first-order valence-electron chi connectivity index (χ1n) is 25.0. The summed E-state index contributed by atoms with van der Waals surface area (Å²) in [6.07, 6.45) is 2.99. The number of imidazole rings is 1. The molecule has 0 saturated carbocycles. The fourth-order valence-corrected chi connectivity index (χ4v) is 9.01. The Hall–Kier alpha value is -9.45. The highest BCUT2D eigenvalue weighted by atomic mass is 16.5. The van der Waals surface area contributed by atoms with E-state index in [1.807, 2.05) is 0 Å². The summed E-state index contributed by atoms with van der Waals surface area (Å²) in [4.78, 5) is 112. The zero-order valence-corrected chi connectivity index (χ0v) is 44.6. The van der Waals surface area contributed by atoms with Gasteiger partial charge in [0.25, 0.3) is 11.8 Å². The molecule has 4 heterocycles. The first-order valence-corrected chi connectivity index (χ1v) is 25.0. The summed E-state index contributed by atoms with van der Waals surface area (Å²) in [5.74, 6) is -3.27. The molecule has 4 atom stereocenters. The molecule has 7 rings (SSSR count). The van der Waals surface area contributed by atoms with Crippen LogP contribution in [0.4, 0.5) is 38.2 Å². The summed E-state index contributed by atoms with van der Waals surface area (Å²) in [5.41, 5.74) is 3.63. The van der Waals surface area contributed by atoms with E-state index in [9.17, 15) is 43.5 Å². The Morgan fingerprint density at radius 3 is 2.18 bits per heavy atom. The molecule has 0 radical (unpaired) electrons. The summed E-state index contributed by atoms with van der Waals surface area (Å²) >= 11 is 0. The van der Waals surface area contributed by atoms with E-state index in [1.54, 1.807) is 87.2 Å². The molecule has 79 heavy (non-hydrogen) atoms. The number of carbonyl (C=O) groups excluding carboxylic acids is 7. The first-order chi connectivity index (χ1) is 37.8. The second-order valence-electron chi connectivity index (χ2n) is 18.8. The van der Waals surface area contributed by atoms with Crippen LogP contribution >= 0.6 is 0 Å². The van der Waals surface area contributed by atoms with Crippen molar-refractivity contribution in [3.05, 3.63) is 121 Å². The molecule has 2 aromatic heterocycles. The predicted molar refractivity (Wildman–Crippen MR) is 290 cm³/mol. The van der Waals surface area contributed by atoms with Crippen molar-refractivity contribution in [2.45, 2.75) is 64.4 Å². The number of amides is 7. The minimum Gasteiger partial charge on any atom is -0.493 e. The number of alkyl carbamates (subject to hydrolysis) is 1. The Kier molecular flexibility index (Phi) is 18.2. The van der Waals surface area contributed by atoms with Gasteiger partial charge in [-0.15, -0.1) is 0 Å². The summed E-state index contributed by atoms with van der Waals surface area (Å²) in [6, 6.07) is 13.4. The fraction of sp³-hybridized carbons (Fsp3) is 0.327. The number of anilines is 5. The van der Waals surface area contributed by atoms with Gasteiger partial charge in [-0.25, -0.2) is 24.3 Å². The van der Waals surface area contributed by atoms with Crippen molar-refractivity contribution in [3.8, 4) is 22.6 Å². The summed E-state index contributed by atoms with van der Waals surface area (Å²) < 4.78 is 30.8. The molecule has 0 unspecified atom stereocenters. The molecule has 7 amide bonds. The molecular formula is C55H62N10O14. The number of benzene rings is 3. The quantitative estimate of drug-likeness (QED) is 0.0254. The molecule has 416 valence electrons. The van der Waals surface area contributed by atoms with Crippen LogP contribution in [-0.2, 0) is 49.1 Å². The third-order valence-electron chi connectivity index (χ3n) is 12.9. The number of ether oxygens (including phenoxy) is 5. The van der Waals surface area contributed by atoms with Crippen LogP contribution in [-0.4, -0.2) is 125 Å². The summed E-state index contributed by atoms with van der Waals surface area (Å²) in [5, 5.41) is 24.1. The average Bonchev–Trinajstić information content (AvgIpc) is 4.31. The summed E-state index contributed by atoms with van der Waals surface area (Å²) in [7, 11) is 6.02. The fourth-order valence-electron chi connectivity index (χ4n) is 9.01. The van der Waals surface area contributed by atoms with Crippen molar-refractivity contribution in [2.24, 2.45) is 20.0 Å². The van der Waals surface area contributed by atoms with Gasteiger partial charge in [0.2, 0.25) is 23.5 Å². The number of carbonyl (C=O) groups is 8. The van der Waals surface area contributed by atoms with Crippen molar-refractivity contribution >= 4 is 76.3 Å². The molecule has 24 nitrogen and oxygen atoms in total. The Labute approximate surface area is 454 Å². The van der Waals surface area contributed by atoms with Crippen molar-refractivity contribution in [3.63, 3.8) is 0 Å². The van der Waals surface area contributed by atoms with Gasteiger partial charge in [-0.2, -0.15) is 0 Å². The molecule has 3 aromatic carbocycles. The molecule has 6 N–H and O–H groups in total. The topological polar surface area (TPSA) is 292 Å². The maximum atomic E-state index is 14.7. The Bertz CT molecular complexity index is 3180. The lowest BCUT2D eigenvalue weighted by Gasteiger charge is -2.33. The van der Waals surface area contributed by atoms with Crippen molar-refractivity contribution in [2.75, 3.05) is 59.8 Å². The van der Waals surface area contributed by atoms with E-state index in [0.29, 0.717) is 22.6 Å². The van der Waals surface area contributed by atoms with Crippen LogP contribution in [0.2, 0.25) is 0 Å². The standard InChI is InChI=1S/C55H62N10O14/c1-10-20-78-53(71)41-24-34(28-62(41)6)32-14-17-35(18-15-32)57-50(69)47-60-44(29-63(47)7)59-45(66)13-12-22-77-43-27-39-37(26-42(43)75-8)51(70)64-38-25-36(19-16-33(38)23-40(64)52(76-9)65(39)55(73)74)58-48(67)31(5)56-49(68)46(30(3)4)61-54(72)79-21-11-2/h10-11,14-19,24-31,40,46,52H,1-2,12-13,20-23H2,3-9H3,(H,56,68)(H,57,69)(H,58,67)(H,59,66)(H,61,72)(H,73,74)/t31-,40-,46-,52-/m0/s1. The summed E-state index contributed by atoms with van der Waals surface area (Å²) in [6.45, 7) is 11.9. The van der Waals surface area contributed by atoms with Crippen LogP contribution < -0.4 is 45.9 Å². The van der Waals surface area contributed by atoms with Crippen LogP contribution in [0.15, 0.2) is 98.4 Å². The average molecular weight is 1090 g/mol. The number of methoxy groups -OCH3 is 2. The van der Waals surface area contributed by atoms with Gasteiger partial charge in [-0.1, -0.05) is 57.4 Å². The van der Waals surface area contributed by atoms with E-state index >= 15 is 0 Å². The Morgan fingerprint density at radius 1 is 0.797 bits per heavy atom. The minimum absolute atomic E-state index is 0.0260. The van der Waals surface area contributed by atoms with Crippen molar-refractivity contribution in [1.29, 1.82) is 0 Å². The number of hydrogen-bond acceptors (Lipinski definition) is 14. The van der Waals surface area contributed by atoms with Crippen LogP contribution in [0.25, 0.3) is 11.1 Å². The van der Waals surface area contributed by atoms with E-state index in [-0.39, 0.29) is 85.1 Å².